The van der Waals surface area contributed by atoms with E-state index in [4.69, 9.17) is 4.74 Å². The highest BCUT2D eigenvalue weighted by atomic mass is 16.6. The molecule has 2 heteroatoms. The Bertz CT molecular complexity index is 109. The van der Waals surface area contributed by atoms with Crippen LogP contribution in [-0.2, 0) is 9.53 Å². The fraction of sp³-hybridized carbons (Fsp3) is 0.500. The van der Waals surface area contributed by atoms with E-state index in [1.807, 2.05) is 0 Å². The summed E-state index contributed by atoms with van der Waals surface area (Å²) in [6.45, 7) is 3.51. The maximum Gasteiger partial charge on any atom is 0.151 e. The van der Waals surface area contributed by atoms with E-state index in [1.165, 1.54) is 0 Å². The second-order valence-corrected chi connectivity index (χ2v) is 1.80. The van der Waals surface area contributed by atoms with Crippen LogP contribution in [0, 0.1) is 0 Å². The molecule has 1 rings (SSSR count). The van der Waals surface area contributed by atoms with Gasteiger partial charge in [-0.1, -0.05) is 6.08 Å². The zero-order chi connectivity index (χ0) is 5.98. The van der Waals surface area contributed by atoms with Gasteiger partial charge in [0.05, 0.1) is 6.10 Å². The first-order chi connectivity index (χ1) is 3.88. The first-order valence-electron chi connectivity index (χ1n) is 2.60. The van der Waals surface area contributed by atoms with Crippen molar-refractivity contribution in [3.63, 3.8) is 0 Å². The zero-order valence-electron chi connectivity index (χ0n) is 4.54. The Hall–Kier alpha value is -0.630. The summed E-state index contributed by atoms with van der Waals surface area (Å²) in [5.41, 5.74) is 0. The van der Waals surface area contributed by atoms with Crippen LogP contribution < -0.4 is 0 Å². The molecule has 2 atom stereocenters. The standard InChI is InChI=1S/C6H8O2/c1-2-3-5-6(4-7)8-5/h2,4-6H,1,3H2/t5-,6-/m0/s1. The second-order valence-electron chi connectivity index (χ2n) is 1.80. The molecule has 0 aliphatic carbocycles. The van der Waals surface area contributed by atoms with E-state index in [0.717, 1.165) is 12.7 Å². The van der Waals surface area contributed by atoms with Gasteiger partial charge in [0.25, 0.3) is 0 Å². The second kappa shape index (κ2) is 2.09. The molecule has 0 aromatic rings. The van der Waals surface area contributed by atoms with Gasteiger partial charge in [-0.2, -0.15) is 0 Å². The molecule has 1 saturated heterocycles. The van der Waals surface area contributed by atoms with E-state index < -0.39 is 0 Å². The van der Waals surface area contributed by atoms with Crippen LogP contribution in [0.5, 0.6) is 0 Å². The average molecular weight is 112 g/mol. The van der Waals surface area contributed by atoms with Gasteiger partial charge in [0, 0.05) is 0 Å². The van der Waals surface area contributed by atoms with Crippen LogP contribution in [0.4, 0.5) is 0 Å². The van der Waals surface area contributed by atoms with Crippen molar-refractivity contribution in [1.29, 1.82) is 0 Å². The van der Waals surface area contributed by atoms with Gasteiger partial charge in [-0.25, -0.2) is 0 Å². The summed E-state index contributed by atoms with van der Waals surface area (Å²) >= 11 is 0. The lowest BCUT2D eigenvalue weighted by Gasteiger charge is -1.75. The quantitative estimate of drug-likeness (QED) is 0.303. The number of epoxide rings is 1. The Morgan fingerprint density at radius 2 is 2.50 bits per heavy atom. The largest absolute Gasteiger partial charge is 0.361 e. The van der Waals surface area contributed by atoms with E-state index in [0.29, 0.717) is 0 Å². The summed E-state index contributed by atoms with van der Waals surface area (Å²) in [5, 5.41) is 0. The van der Waals surface area contributed by atoms with E-state index in [1.54, 1.807) is 6.08 Å². The summed E-state index contributed by atoms with van der Waals surface area (Å²) in [4.78, 5) is 9.89. The smallest absolute Gasteiger partial charge is 0.151 e. The summed E-state index contributed by atoms with van der Waals surface area (Å²) in [5.74, 6) is 0. The van der Waals surface area contributed by atoms with Crippen LogP contribution in [0.2, 0.25) is 0 Å². The first-order valence-corrected chi connectivity index (χ1v) is 2.60. The average Bonchev–Trinajstić information content (AvgIpc) is 2.48. The normalized spacial score (nSPS) is 34.0. The minimum atomic E-state index is -0.131. The van der Waals surface area contributed by atoms with Crippen molar-refractivity contribution in [2.45, 2.75) is 18.6 Å². The van der Waals surface area contributed by atoms with Gasteiger partial charge in [-0.15, -0.1) is 6.58 Å². The highest BCUT2D eigenvalue weighted by Gasteiger charge is 2.36. The molecule has 0 N–H and O–H groups in total. The first kappa shape index (κ1) is 5.51. The molecule has 0 aromatic heterocycles. The molecule has 44 valence electrons. The molecule has 0 unspecified atom stereocenters. The lowest BCUT2D eigenvalue weighted by molar-refractivity contribution is -0.108. The lowest BCUT2D eigenvalue weighted by Crippen LogP contribution is -1.91. The molecule has 0 spiro atoms. The van der Waals surface area contributed by atoms with Gasteiger partial charge < -0.3 is 9.53 Å². The van der Waals surface area contributed by atoms with E-state index >= 15 is 0 Å². The molecule has 0 bridgehead atoms. The van der Waals surface area contributed by atoms with Crippen LogP contribution in [0.25, 0.3) is 0 Å². The molecule has 1 aliphatic heterocycles. The van der Waals surface area contributed by atoms with Gasteiger partial charge in [0.15, 0.2) is 6.29 Å². The monoisotopic (exact) mass is 112 g/mol. The fourth-order valence-corrected chi connectivity index (χ4v) is 0.630. The summed E-state index contributed by atoms with van der Waals surface area (Å²) in [6.07, 6.45) is 3.39. The van der Waals surface area contributed by atoms with E-state index in [2.05, 4.69) is 6.58 Å². The Kier molecular flexibility index (Phi) is 1.44. The molecule has 8 heavy (non-hydrogen) atoms. The van der Waals surface area contributed by atoms with E-state index in [9.17, 15) is 4.79 Å². The number of rotatable bonds is 3. The number of aldehydes is 1. The van der Waals surface area contributed by atoms with Crippen molar-refractivity contribution >= 4 is 6.29 Å². The number of hydrogen-bond acceptors (Lipinski definition) is 2. The molecule has 0 saturated carbocycles. The number of ether oxygens (including phenoxy) is 1. The predicted octanol–water partition coefficient (Wildman–Crippen LogP) is 0.529. The maximum atomic E-state index is 9.89. The minimum absolute atomic E-state index is 0.131. The predicted molar refractivity (Wildman–Crippen MR) is 29.5 cm³/mol. The molecule has 1 fully saturated rings. The summed E-state index contributed by atoms with van der Waals surface area (Å²) in [6, 6.07) is 0. The van der Waals surface area contributed by atoms with Crippen molar-refractivity contribution in [1.82, 2.24) is 0 Å². The number of hydrogen-bond donors (Lipinski definition) is 0. The fourth-order valence-electron chi connectivity index (χ4n) is 0.630. The summed E-state index contributed by atoms with van der Waals surface area (Å²) < 4.78 is 4.87. The number of carbonyl (C=O) groups excluding carboxylic acids is 1. The molecule has 1 aliphatic rings. The van der Waals surface area contributed by atoms with Gasteiger partial charge in [0.1, 0.15) is 6.10 Å². The number of carbonyl (C=O) groups is 1. The van der Waals surface area contributed by atoms with Crippen molar-refractivity contribution in [3.05, 3.63) is 12.7 Å². The highest BCUT2D eigenvalue weighted by molar-refractivity contribution is 5.60. The van der Waals surface area contributed by atoms with Gasteiger partial charge in [0.2, 0.25) is 0 Å². The Balaban J connectivity index is 2.16. The molecule has 1 heterocycles. The third-order valence-corrected chi connectivity index (χ3v) is 1.15. The van der Waals surface area contributed by atoms with Crippen molar-refractivity contribution in [3.8, 4) is 0 Å². The highest BCUT2D eigenvalue weighted by Crippen LogP contribution is 2.22. The topological polar surface area (TPSA) is 29.6 Å². The Labute approximate surface area is 48.1 Å². The third kappa shape index (κ3) is 0.954. The minimum Gasteiger partial charge on any atom is -0.361 e. The molecular weight excluding hydrogens is 104 g/mol. The van der Waals surface area contributed by atoms with Gasteiger partial charge in [-0.3, -0.25) is 0 Å². The SMILES string of the molecule is C=CC[C@@H]1O[C@H]1C=O. The van der Waals surface area contributed by atoms with Crippen LogP contribution in [0.1, 0.15) is 6.42 Å². The van der Waals surface area contributed by atoms with Crippen LogP contribution in [-0.4, -0.2) is 18.5 Å². The van der Waals surface area contributed by atoms with Crippen LogP contribution in [0.15, 0.2) is 12.7 Å². The van der Waals surface area contributed by atoms with Gasteiger partial charge in [-0.05, 0) is 6.42 Å². The Morgan fingerprint density at radius 1 is 1.75 bits per heavy atom. The summed E-state index contributed by atoms with van der Waals surface area (Å²) in [7, 11) is 0. The molecular formula is C6H8O2. The van der Waals surface area contributed by atoms with Crippen molar-refractivity contribution < 1.29 is 9.53 Å². The van der Waals surface area contributed by atoms with E-state index in [-0.39, 0.29) is 12.2 Å². The zero-order valence-corrected chi connectivity index (χ0v) is 4.54. The Morgan fingerprint density at radius 3 is 2.88 bits per heavy atom. The lowest BCUT2D eigenvalue weighted by atomic mass is 10.2. The van der Waals surface area contributed by atoms with Crippen LogP contribution >= 0.6 is 0 Å². The van der Waals surface area contributed by atoms with Crippen molar-refractivity contribution in [2.75, 3.05) is 0 Å². The molecule has 0 aromatic carbocycles. The molecule has 0 amide bonds. The third-order valence-electron chi connectivity index (χ3n) is 1.15. The molecule has 0 radical (unpaired) electrons. The van der Waals surface area contributed by atoms with Crippen molar-refractivity contribution in [2.24, 2.45) is 0 Å². The van der Waals surface area contributed by atoms with Gasteiger partial charge >= 0.3 is 0 Å². The maximum absolute atomic E-state index is 9.89. The molecule has 2 nitrogen and oxygen atoms in total. The van der Waals surface area contributed by atoms with Crippen LogP contribution in [0.3, 0.4) is 0 Å².